The fourth-order valence-corrected chi connectivity index (χ4v) is 19.0. The molecule has 22 aromatic rings. The van der Waals surface area contributed by atoms with Crippen molar-refractivity contribution in [3.8, 4) is 56.1 Å². The van der Waals surface area contributed by atoms with Gasteiger partial charge in [0, 0.05) is 97.0 Å². The Labute approximate surface area is 755 Å². The van der Waals surface area contributed by atoms with E-state index < -0.39 is 5.60 Å². The van der Waals surface area contributed by atoms with Crippen LogP contribution in [-0.4, -0.2) is 47.5 Å². The van der Waals surface area contributed by atoms with E-state index in [9.17, 15) is 9.90 Å². The van der Waals surface area contributed by atoms with Crippen LogP contribution in [0.5, 0.6) is 0 Å². The second-order valence-corrected chi connectivity index (χ2v) is 35.0. The van der Waals surface area contributed by atoms with E-state index in [1.807, 2.05) is 158 Å². The van der Waals surface area contributed by atoms with E-state index in [0.29, 0.717) is 0 Å². The van der Waals surface area contributed by atoms with Gasteiger partial charge < -0.3 is 32.7 Å². The number of hydrogen-bond acceptors (Lipinski definition) is 4. The molecule has 1 N–H and O–H groups in total. The van der Waals surface area contributed by atoms with Crippen molar-refractivity contribution in [2.24, 2.45) is 0 Å². The number of aliphatic hydroxyl groups is 1. The van der Waals surface area contributed by atoms with Gasteiger partial charge in [0.2, 0.25) is 0 Å². The number of aromatic nitrogens is 4. The lowest BCUT2D eigenvalue weighted by Gasteiger charge is -2.32. The Morgan fingerprint density at radius 1 is 0.252 bits per heavy atom. The van der Waals surface area contributed by atoms with Gasteiger partial charge in [0.15, 0.2) is 5.78 Å². The molecular formula is C116H87BBr2N4O4. The van der Waals surface area contributed by atoms with Crippen LogP contribution in [0.25, 0.3) is 143 Å². The highest BCUT2D eigenvalue weighted by atomic mass is 79.9. The normalized spacial score (nSPS) is 13.4. The fourth-order valence-electron chi connectivity index (χ4n) is 18.4. The second kappa shape index (κ2) is 34.3. The number of nitrogens with zero attached hydrogens (tertiary/aromatic N) is 4. The highest BCUT2D eigenvalue weighted by Crippen LogP contribution is 2.51. The molecule has 2 aliphatic carbocycles. The molecule has 0 bridgehead atoms. The van der Waals surface area contributed by atoms with Crippen LogP contribution < -0.4 is 5.46 Å². The molecule has 11 heteroatoms. The number of rotatable bonds is 7. The molecule has 127 heavy (non-hydrogen) atoms. The molecule has 0 saturated carbocycles. The zero-order valence-electron chi connectivity index (χ0n) is 70.5. The summed E-state index contributed by atoms with van der Waals surface area (Å²) in [7, 11) is -0.353. The average molecular weight is 1770 g/mol. The van der Waals surface area contributed by atoms with Gasteiger partial charge in [0.25, 0.3) is 0 Å². The van der Waals surface area contributed by atoms with Crippen LogP contribution in [0.1, 0.15) is 60.3 Å². The number of fused-ring (bicyclic) bond motifs is 18. The quantitative estimate of drug-likeness (QED) is 0.161. The molecule has 1 fully saturated rings. The summed E-state index contributed by atoms with van der Waals surface area (Å²) in [6.45, 7) is 8.36. The topological polar surface area (TPSA) is 75.5 Å². The third-order valence-corrected chi connectivity index (χ3v) is 26.1. The summed E-state index contributed by atoms with van der Waals surface area (Å²) >= 11 is 6.89. The Bertz CT molecular complexity index is 7580. The van der Waals surface area contributed by atoms with Gasteiger partial charge in [-0.05, 0) is 206 Å². The molecule has 5 heterocycles. The van der Waals surface area contributed by atoms with E-state index in [0.717, 1.165) is 70.2 Å². The zero-order chi connectivity index (χ0) is 86.3. The minimum Gasteiger partial charge on any atom is -0.399 e. The molecule has 3 aliphatic rings. The molecule has 0 radical (unpaired) electrons. The predicted octanol–water partition coefficient (Wildman–Crippen LogP) is 29.5. The highest BCUT2D eigenvalue weighted by Gasteiger charge is 2.52. The minimum absolute atomic E-state index is 0.149. The van der Waals surface area contributed by atoms with Crippen LogP contribution in [0.3, 0.4) is 0 Å². The number of para-hydroxylation sites is 8. The molecular weight excluding hydrogens is 1680 g/mol. The van der Waals surface area contributed by atoms with Crippen LogP contribution in [0.15, 0.2) is 458 Å². The first-order valence-electron chi connectivity index (χ1n) is 42.9. The number of ketones is 1. The van der Waals surface area contributed by atoms with Crippen molar-refractivity contribution in [1.29, 1.82) is 0 Å². The van der Waals surface area contributed by atoms with E-state index in [2.05, 4.69) is 369 Å². The number of benzene rings is 18. The van der Waals surface area contributed by atoms with E-state index in [4.69, 9.17) is 9.31 Å². The molecule has 4 aromatic heterocycles. The van der Waals surface area contributed by atoms with Crippen molar-refractivity contribution < 1.29 is 19.2 Å². The van der Waals surface area contributed by atoms with Crippen LogP contribution in [0.2, 0.25) is 0 Å². The Kier molecular flexibility index (Phi) is 21.9. The van der Waals surface area contributed by atoms with Gasteiger partial charge in [-0.2, -0.15) is 0 Å². The zero-order valence-corrected chi connectivity index (χ0v) is 73.7. The molecule has 0 amide bonds. The number of carbonyl (C=O) groups excluding carboxylic acids is 1. The lowest BCUT2D eigenvalue weighted by molar-refractivity contribution is 0.00578. The third-order valence-electron chi connectivity index (χ3n) is 25.1. The standard InChI is InChI=1S/C36H24N2.C24H24BNO2.C19H14O.C18H12BrN.C13H8O.C6H5Br/c1-3-11-27(12-4-1)37-33-17-9-7-15-29(33)31-23-25(19-21-35(31)37)26-20-22-36-32(24-26)30-16-8-10-18-34(30)38(36)28-13-5-2-6-14-28;1-23(2)24(3,4)28-25(27-23)17-14-15-22-20(16-17)19-12-8-9-13-21(19)26(22)18-10-6-5-7-11-18;20-19(14-8-2-1-3-9-14)17-12-6-4-10-15(17)16-11-5-7-13-18(16)19;19-13-10-11-18-16(12-13)15-8-4-5-9-17(15)20(18)14-6-2-1-3-7-14;14-13-11-7-3-1-5-9(11)10-6-2-4-8-12(10)13;7-6-4-2-1-3-5-6/h1-24H;5-16H,1-4H3;1-13,20H;1-12H;1-8H;1-5H. The number of hydrogen-bond donors (Lipinski definition) is 1. The highest BCUT2D eigenvalue weighted by molar-refractivity contribution is 9.10. The Morgan fingerprint density at radius 2 is 0.528 bits per heavy atom. The smallest absolute Gasteiger partial charge is 0.399 e. The first-order chi connectivity index (χ1) is 62.2. The third kappa shape index (κ3) is 15.1. The van der Waals surface area contributed by atoms with Crippen molar-refractivity contribution in [3.63, 3.8) is 0 Å². The Morgan fingerprint density at radius 3 is 0.890 bits per heavy atom. The van der Waals surface area contributed by atoms with Gasteiger partial charge in [-0.15, -0.1) is 0 Å². The second-order valence-electron chi connectivity index (χ2n) is 33.1. The molecule has 8 nitrogen and oxygen atoms in total. The van der Waals surface area contributed by atoms with Crippen LogP contribution in [0, 0.1) is 0 Å². The molecule has 0 unspecified atom stereocenters. The SMILES string of the molecule is Brc1ccc2c(c1)c1ccccc1n2-c1ccccc1.Brc1ccccc1.CC1(C)OB(c2ccc3c(c2)c2ccccc2n3-c2ccccc2)OC1(C)C.O=C1c2ccccc2-c2ccccc21.OC1(c2ccccc2)c2ccccc2-c2ccccc21.c1ccc(-n2c3ccccc3c3cc(-c4ccc5c(c4)c4ccccc4n5-c4ccccc4)ccc32)cc1. The van der Waals surface area contributed by atoms with Gasteiger partial charge >= 0.3 is 7.12 Å². The van der Waals surface area contributed by atoms with E-state index in [1.165, 1.54) is 115 Å². The first-order valence-corrected chi connectivity index (χ1v) is 44.5. The van der Waals surface area contributed by atoms with Gasteiger partial charge in [-0.3, -0.25) is 4.79 Å². The van der Waals surface area contributed by atoms with Gasteiger partial charge in [-0.1, -0.05) is 347 Å². The van der Waals surface area contributed by atoms with Crippen LogP contribution in [-0.2, 0) is 14.9 Å². The maximum atomic E-state index is 11.9. The van der Waals surface area contributed by atoms with Gasteiger partial charge in [0.1, 0.15) is 5.60 Å². The van der Waals surface area contributed by atoms with Crippen molar-refractivity contribution in [1.82, 2.24) is 18.3 Å². The molecule has 18 aromatic carbocycles. The van der Waals surface area contributed by atoms with Crippen molar-refractivity contribution >= 4 is 137 Å². The maximum absolute atomic E-state index is 11.9. The summed E-state index contributed by atoms with van der Waals surface area (Å²) in [5.41, 5.74) is 25.1. The molecule has 0 atom stereocenters. The average Bonchev–Trinajstić information content (AvgIpc) is 1.56. The predicted molar refractivity (Wildman–Crippen MR) is 535 cm³/mol. The summed E-state index contributed by atoms with van der Waals surface area (Å²) in [5, 5.41) is 21.6. The molecule has 1 aliphatic heterocycles. The number of halogens is 2. The summed E-state index contributed by atoms with van der Waals surface area (Å²) < 4.78 is 24.2. The minimum atomic E-state index is -1.05. The summed E-state index contributed by atoms with van der Waals surface area (Å²) in [5.74, 6) is 0.149. The van der Waals surface area contributed by atoms with Crippen molar-refractivity contribution in [2.45, 2.75) is 44.5 Å². The largest absolute Gasteiger partial charge is 0.494 e. The Hall–Kier alpha value is -14.3. The van der Waals surface area contributed by atoms with Gasteiger partial charge in [0.05, 0.1) is 55.3 Å². The van der Waals surface area contributed by atoms with Crippen molar-refractivity contribution in [2.75, 3.05) is 0 Å². The molecule has 1 saturated heterocycles. The summed E-state index contributed by atoms with van der Waals surface area (Å²) in [4.78, 5) is 11.9. The van der Waals surface area contributed by atoms with E-state index in [-0.39, 0.29) is 24.1 Å². The number of carbonyl (C=O) groups is 1. The van der Waals surface area contributed by atoms with Crippen LogP contribution >= 0.6 is 31.9 Å². The molecule has 0 spiro atoms. The summed E-state index contributed by atoms with van der Waals surface area (Å²) in [6, 6.07) is 155. The van der Waals surface area contributed by atoms with Gasteiger partial charge in [-0.25, -0.2) is 0 Å². The Balaban J connectivity index is 0.000000101. The maximum Gasteiger partial charge on any atom is 0.494 e. The lowest BCUT2D eigenvalue weighted by Crippen LogP contribution is -2.41. The fraction of sp³-hybridized carbons (Fsp3) is 0.0603. The monoisotopic (exact) mass is 1770 g/mol. The molecule has 25 rings (SSSR count). The van der Waals surface area contributed by atoms with E-state index >= 15 is 0 Å². The molecule has 612 valence electrons. The summed E-state index contributed by atoms with van der Waals surface area (Å²) in [6.07, 6.45) is 0. The van der Waals surface area contributed by atoms with Crippen LogP contribution in [0.4, 0.5) is 0 Å². The first kappa shape index (κ1) is 81.1. The van der Waals surface area contributed by atoms with Crippen molar-refractivity contribution in [3.05, 3.63) is 486 Å². The lowest BCUT2D eigenvalue weighted by atomic mass is 9.78. The van der Waals surface area contributed by atoms with E-state index in [1.54, 1.807) is 0 Å².